The lowest BCUT2D eigenvalue weighted by Gasteiger charge is -2.33. The average molecular weight is 250 g/mol. The first-order valence-electron chi connectivity index (χ1n) is 5.84. The Bertz CT molecular complexity index is 405. The van der Waals surface area contributed by atoms with Gasteiger partial charge in [-0.2, -0.15) is 5.26 Å². The Balaban J connectivity index is 1.84. The highest BCUT2D eigenvalue weighted by atomic mass is 35.5. The zero-order valence-corrected chi connectivity index (χ0v) is 10.5. The van der Waals surface area contributed by atoms with Crippen LogP contribution in [0, 0.1) is 11.3 Å². The first-order chi connectivity index (χ1) is 8.28. The van der Waals surface area contributed by atoms with Crippen LogP contribution in [-0.2, 0) is 6.54 Å². The van der Waals surface area contributed by atoms with Crippen LogP contribution in [-0.4, -0.2) is 42.5 Å². The Kier molecular flexibility index (Phi) is 4.38. The zero-order chi connectivity index (χ0) is 12.1. The van der Waals surface area contributed by atoms with E-state index in [4.69, 9.17) is 16.9 Å². The molecule has 17 heavy (non-hydrogen) atoms. The van der Waals surface area contributed by atoms with E-state index in [-0.39, 0.29) is 0 Å². The molecule has 1 aliphatic heterocycles. The van der Waals surface area contributed by atoms with E-state index >= 15 is 0 Å². The lowest BCUT2D eigenvalue weighted by molar-refractivity contribution is 0.138. The summed E-state index contributed by atoms with van der Waals surface area (Å²) < 4.78 is 0. The second kappa shape index (κ2) is 6.02. The number of hydrogen-bond acceptors (Lipinski definition) is 3. The molecule has 4 heteroatoms. The second-order valence-corrected chi connectivity index (χ2v) is 4.78. The summed E-state index contributed by atoms with van der Waals surface area (Å²) in [5.41, 5.74) is 1.26. The molecule has 2 rings (SSSR count). The van der Waals surface area contributed by atoms with E-state index in [0.717, 1.165) is 37.7 Å². The molecule has 1 aromatic rings. The molecule has 0 radical (unpaired) electrons. The number of nitriles is 1. The summed E-state index contributed by atoms with van der Waals surface area (Å²) in [7, 11) is 0. The van der Waals surface area contributed by atoms with Crippen molar-refractivity contribution < 1.29 is 0 Å². The van der Waals surface area contributed by atoms with E-state index in [1.807, 2.05) is 18.2 Å². The maximum absolute atomic E-state index is 8.63. The SMILES string of the molecule is N#CCN1CCN(Cc2cccc(Cl)c2)CC1. The largest absolute Gasteiger partial charge is 0.297 e. The van der Waals surface area contributed by atoms with Crippen LogP contribution in [0.25, 0.3) is 0 Å². The van der Waals surface area contributed by atoms with Gasteiger partial charge in [-0.05, 0) is 17.7 Å². The predicted octanol–water partition coefficient (Wildman–Crippen LogP) is 1.98. The Morgan fingerprint density at radius 3 is 2.53 bits per heavy atom. The maximum Gasteiger partial charge on any atom is 0.0866 e. The van der Waals surface area contributed by atoms with Crippen molar-refractivity contribution >= 4 is 11.6 Å². The molecule has 0 saturated carbocycles. The molecule has 0 aromatic heterocycles. The van der Waals surface area contributed by atoms with Crippen LogP contribution in [0.4, 0.5) is 0 Å². The minimum atomic E-state index is 0.547. The number of halogens is 1. The fourth-order valence-electron chi connectivity index (χ4n) is 2.10. The van der Waals surface area contributed by atoms with Gasteiger partial charge in [-0.1, -0.05) is 23.7 Å². The van der Waals surface area contributed by atoms with Crippen molar-refractivity contribution in [3.63, 3.8) is 0 Å². The molecular weight excluding hydrogens is 234 g/mol. The Morgan fingerprint density at radius 2 is 1.88 bits per heavy atom. The molecule has 0 atom stereocenters. The minimum absolute atomic E-state index is 0.547. The first-order valence-corrected chi connectivity index (χ1v) is 6.22. The van der Waals surface area contributed by atoms with Gasteiger partial charge < -0.3 is 0 Å². The van der Waals surface area contributed by atoms with E-state index in [1.165, 1.54) is 5.56 Å². The van der Waals surface area contributed by atoms with Crippen molar-refractivity contribution in [2.45, 2.75) is 6.54 Å². The van der Waals surface area contributed by atoms with Crippen LogP contribution < -0.4 is 0 Å². The molecule has 1 aliphatic rings. The average Bonchev–Trinajstić information content (AvgIpc) is 2.32. The summed E-state index contributed by atoms with van der Waals surface area (Å²) in [5.74, 6) is 0. The van der Waals surface area contributed by atoms with E-state index < -0.39 is 0 Å². The predicted molar refractivity (Wildman–Crippen MR) is 68.8 cm³/mol. The number of nitrogens with zero attached hydrogens (tertiary/aromatic N) is 3. The lowest BCUT2D eigenvalue weighted by Crippen LogP contribution is -2.45. The normalized spacial score (nSPS) is 17.9. The van der Waals surface area contributed by atoms with Gasteiger partial charge in [0, 0.05) is 37.7 Å². The van der Waals surface area contributed by atoms with Gasteiger partial charge in [0.2, 0.25) is 0 Å². The van der Waals surface area contributed by atoms with Crippen LogP contribution in [0.5, 0.6) is 0 Å². The van der Waals surface area contributed by atoms with E-state index in [9.17, 15) is 0 Å². The molecule has 1 aromatic carbocycles. The fourth-order valence-corrected chi connectivity index (χ4v) is 2.31. The van der Waals surface area contributed by atoms with Crippen molar-refractivity contribution in [1.82, 2.24) is 9.80 Å². The van der Waals surface area contributed by atoms with Crippen molar-refractivity contribution in [2.24, 2.45) is 0 Å². The minimum Gasteiger partial charge on any atom is -0.297 e. The molecule has 90 valence electrons. The highest BCUT2D eigenvalue weighted by molar-refractivity contribution is 6.30. The van der Waals surface area contributed by atoms with Gasteiger partial charge in [0.05, 0.1) is 12.6 Å². The van der Waals surface area contributed by atoms with Crippen LogP contribution >= 0.6 is 11.6 Å². The van der Waals surface area contributed by atoms with Crippen LogP contribution in [0.2, 0.25) is 5.02 Å². The van der Waals surface area contributed by atoms with Crippen molar-refractivity contribution in [1.29, 1.82) is 5.26 Å². The van der Waals surface area contributed by atoms with Crippen LogP contribution in [0.15, 0.2) is 24.3 Å². The molecule has 0 spiro atoms. The summed E-state index contributed by atoms with van der Waals surface area (Å²) >= 11 is 5.96. The van der Waals surface area contributed by atoms with Gasteiger partial charge >= 0.3 is 0 Å². The highest BCUT2D eigenvalue weighted by Gasteiger charge is 2.16. The number of hydrogen-bond donors (Lipinski definition) is 0. The van der Waals surface area contributed by atoms with Crippen molar-refractivity contribution in [2.75, 3.05) is 32.7 Å². The Labute approximate surface area is 107 Å². The summed E-state index contributed by atoms with van der Waals surface area (Å²) in [4.78, 5) is 4.59. The Hall–Kier alpha value is -1.08. The molecule has 0 aliphatic carbocycles. The second-order valence-electron chi connectivity index (χ2n) is 4.34. The van der Waals surface area contributed by atoms with Gasteiger partial charge in [0.15, 0.2) is 0 Å². The molecular formula is C13H16ClN3. The van der Waals surface area contributed by atoms with Gasteiger partial charge in [-0.3, -0.25) is 9.80 Å². The molecule has 1 fully saturated rings. The monoisotopic (exact) mass is 249 g/mol. The summed E-state index contributed by atoms with van der Waals surface area (Å²) in [6, 6.07) is 10.2. The van der Waals surface area contributed by atoms with Crippen molar-refractivity contribution in [3.05, 3.63) is 34.9 Å². The lowest BCUT2D eigenvalue weighted by atomic mass is 10.2. The van der Waals surface area contributed by atoms with Gasteiger partial charge in [0.25, 0.3) is 0 Å². The van der Waals surface area contributed by atoms with Gasteiger partial charge in [-0.25, -0.2) is 0 Å². The molecule has 0 unspecified atom stereocenters. The van der Waals surface area contributed by atoms with Gasteiger partial charge in [0.1, 0.15) is 0 Å². The molecule has 0 bridgehead atoms. The molecule has 1 heterocycles. The topological polar surface area (TPSA) is 30.3 Å². The van der Waals surface area contributed by atoms with E-state index in [2.05, 4.69) is 21.9 Å². The number of rotatable bonds is 3. The van der Waals surface area contributed by atoms with E-state index in [1.54, 1.807) is 0 Å². The van der Waals surface area contributed by atoms with Crippen LogP contribution in [0.1, 0.15) is 5.56 Å². The van der Waals surface area contributed by atoms with Gasteiger partial charge in [-0.15, -0.1) is 0 Å². The Morgan fingerprint density at radius 1 is 1.18 bits per heavy atom. The first kappa shape index (κ1) is 12.4. The maximum atomic E-state index is 8.63. The molecule has 3 nitrogen and oxygen atoms in total. The third-order valence-electron chi connectivity index (χ3n) is 3.05. The summed E-state index contributed by atoms with van der Waals surface area (Å²) in [6.45, 7) is 5.50. The summed E-state index contributed by atoms with van der Waals surface area (Å²) in [5, 5.41) is 9.43. The zero-order valence-electron chi connectivity index (χ0n) is 9.77. The molecule has 1 saturated heterocycles. The van der Waals surface area contributed by atoms with E-state index in [0.29, 0.717) is 6.54 Å². The fraction of sp³-hybridized carbons (Fsp3) is 0.462. The third-order valence-corrected chi connectivity index (χ3v) is 3.29. The highest BCUT2D eigenvalue weighted by Crippen LogP contribution is 2.13. The smallest absolute Gasteiger partial charge is 0.0866 e. The molecule has 0 N–H and O–H groups in total. The molecule has 0 amide bonds. The summed E-state index contributed by atoms with van der Waals surface area (Å²) in [6.07, 6.45) is 0. The van der Waals surface area contributed by atoms with Crippen LogP contribution in [0.3, 0.4) is 0 Å². The quantitative estimate of drug-likeness (QED) is 0.768. The third kappa shape index (κ3) is 3.71. The number of benzene rings is 1. The standard InChI is InChI=1S/C13H16ClN3/c14-13-3-1-2-12(10-13)11-17-8-6-16(5-4-15)7-9-17/h1-3,10H,5-9,11H2. The van der Waals surface area contributed by atoms with Crippen molar-refractivity contribution in [3.8, 4) is 6.07 Å². The number of piperazine rings is 1.